The van der Waals surface area contributed by atoms with Gasteiger partial charge in [-0.3, -0.25) is 4.79 Å². The van der Waals surface area contributed by atoms with Gasteiger partial charge in [-0.15, -0.1) is 0 Å². The van der Waals surface area contributed by atoms with Gasteiger partial charge in [0.15, 0.2) is 5.78 Å². The van der Waals surface area contributed by atoms with E-state index in [0.717, 1.165) is 5.37 Å². The molecule has 0 fully saturated rings. The maximum atomic E-state index is 11.3. The Balaban J connectivity index is 2.99. The third kappa shape index (κ3) is 1.86. The van der Waals surface area contributed by atoms with E-state index in [1.54, 1.807) is 0 Å². The summed E-state index contributed by atoms with van der Waals surface area (Å²) in [7, 11) is -2.36. The first kappa shape index (κ1) is 9.28. The van der Waals surface area contributed by atoms with Crippen molar-refractivity contribution in [2.75, 3.05) is 6.26 Å². The molecule has 0 aromatic heterocycles. The van der Waals surface area contributed by atoms with E-state index in [-0.39, 0.29) is 11.4 Å². The Labute approximate surface area is 71.4 Å². The van der Waals surface area contributed by atoms with Crippen LogP contribution in [-0.2, 0) is 14.5 Å². The zero-order valence-electron chi connectivity index (χ0n) is 6.90. The number of ketones is 1. The molecule has 1 aliphatic heterocycles. The fourth-order valence-corrected chi connectivity index (χ4v) is 1.86. The molecular formula is C7H11NO3S. The first-order valence-electron chi connectivity index (χ1n) is 3.46. The Morgan fingerprint density at radius 2 is 2.25 bits per heavy atom. The third-order valence-corrected chi connectivity index (χ3v) is 2.76. The lowest BCUT2D eigenvalue weighted by atomic mass is 10.1. The molecule has 0 bridgehead atoms. The average Bonchev–Trinajstić information content (AvgIpc) is 1.83. The van der Waals surface area contributed by atoms with Crippen molar-refractivity contribution >= 4 is 20.9 Å². The Bertz CT molecular complexity index is 348. The molecule has 0 aromatic rings. The molecule has 2 unspecified atom stereocenters. The van der Waals surface area contributed by atoms with Gasteiger partial charge in [-0.25, -0.2) is 4.21 Å². The van der Waals surface area contributed by atoms with Crippen molar-refractivity contribution in [1.29, 1.82) is 0 Å². The first-order chi connectivity index (χ1) is 5.42. The number of nitrogens with one attached hydrogen (secondary N) is 1. The number of hydrogen-bond acceptors (Lipinski definition) is 3. The van der Waals surface area contributed by atoms with Crippen molar-refractivity contribution in [3.63, 3.8) is 0 Å². The fourth-order valence-electron chi connectivity index (χ4n) is 0.884. The minimum atomic E-state index is -2.36. The van der Waals surface area contributed by atoms with E-state index in [1.807, 2.05) is 0 Å². The first-order valence-corrected chi connectivity index (χ1v) is 5.49. The lowest BCUT2D eigenvalue weighted by Crippen LogP contribution is -2.31. The summed E-state index contributed by atoms with van der Waals surface area (Å²) in [4.78, 5) is 11.1. The molecule has 0 aromatic carbocycles. The largest absolute Gasteiger partial charge is 0.389 e. The molecular weight excluding hydrogens is 178 g/mol. The van der Waals surface area contributed by atoms with Crippen molar-refractivity contribution < 1.29 is 14.1 Å². The zero-order chi connectivity index (χ0) is 9.35. The number of carbonyl (C=O) groups excluding carboxylic acids is 1. The van der Waals surface area contributed by atoms with Crippen LogP contribution in [0.5, 0.6) is 0 Å². The predicted octanol–water partition coefficient (Wildman–Crippen LogP) is -0.945. The van der Waals surface area contributed by atoms with Crippen LogP contribution in [0.1, 0.15) is 6.92 Å². The number of hydrogen-bond donors (Lipinski definition) is 2. The van der Waals surface area contributed by atoms with Crippen molar-refractivity contribution in [2.24, 2.45) is 0 Å². The molecule has 0 spiro atoms. The van der Waals surface area contributed by atoms with Crippen molar-refractivity contribution in [2.45, 2.75) is 13.0 Å². The van der Waals surface area contributed by atoms with Gasteiger partial charge in [0.1, 0.15) is 0 Å². The van der Waals surface area contributed by atoms with E-state index >= 15 is 0 Å². The number of rotatable bonds is 1. The van der Waals surface area contributed by atoms with Gasteiger partial charge >= 0.3 is 0 Å². The van der Waals surface area contributed by atoms with E-state index < -0.39 is 15.8 Å². The highest BCUT2D eigenvalue weighted by Crippen LogP contribution is 2.05. The van der Waals surface area contributed by atoms with E-state index in [0.29, 0.717) is 0 Å². The average molecular weight is 189 g/mol. The molecule has 0 saturated heterocycles. The minimum Gasteiger partial charge on any atom is -0.389 e. The lowest BCUT2D eigenvalue weighted by molar-refractivity contribution is -0.110. The summed E-state index contributed by atoms with van der Waals surface area (Å²) in [6, 6.07) is 0. The van der Waals surface area contributed by atoms with E-state index in [2.05, 4.69) is 4.72 Å². The van der Waals surface area contributed by atoms with E-state index in [1.165, 1.54) is 19.4 Å². The molecule has 1 rings (SSSR count). The Hall–Kier alpha value is -0.810. The third-order valence-electron chi connectivity index (χ3n) is 1.51. The molecule has 0 radical (unpaired) electrons. The van der Waals surface area contributed by atoms with Crippen LogP contribution in [0.25, 0.3) is 0 Å². The topological polar surface area (TPSA) is 66.4 Å². The number of Topliss-reactive ketones (excluding diaryl/α,β-unsaturated/α-hetero) is 1. The Kier molecular flexibility index (Phi) is 2.25. The minimum absolute atomic E-state index is 0.246. The fraction of sp³-hybridized carbons (Fsp3) is 0.429. The highest BCUT2D eigenvalue weighted by atomic mass is 32.2. The van der Waals surface area contributed by atoms with Gasteiger partial charge in [-0.05, 0) is 6.92 Å². The van der Waals surface area contributed by atoms with Gasteiger partial charge in [-0.2, -0.15) is 0 Å². The van der Waals surface area contributed by atoms with Gasteiger partial charge in [0, 0.05) is 18.0 Å². The van der Waals surface area contributed by atoms with Crippen LogP contribution in [0, 0.1) is 0 Å². The molecule has 5 heteroatoms. The van der Waals surface area contributed by atoms with Gasteiger partial charge in [0.2, 0.25) is 0 Å². The second-order valence-corrected chi connectivity index (χ2v) is 5.06. The normalized spacial score (nSPS) is 31.6. The molecule has 12 heavy (non-hydrogen) atoms. The summed E-state index contributed by atoms with van der Waals surface area (Å²) < 4.78 is 13.8. The summed E-state index contributed by atoms with van der Waals surface area (Å²) >= 11 is 0. The summed E-state index contributed by atoms with van der Waals surface area (Å²) in [5.74, 6) is -0.365. The van der Waals surface area contributed by atoms with Crippen LogP contribution in [-0.4, -0.2) is 32.8 Å². The quantitative estimate of drug-likeness (QED) is 0.523. The van der Waals surface area contributed by atoms with Crippen LogP contribution in [0.3, 0.4) is 0 Å². The second-order valence-electron chi connectivity index (χ2n) is 2.78. The van der Waals surface area contributed by atoms with Crippen LogP contribution in [0.4, 0.5) is 0 Å². The van der Waals surface area contributed by atoms with Crippen LogP contribution in [0.15, 0.2) is 11.8 Å². The summed E-state index contributed by atoms with van der Waals surface area (Å²) in [5.41, 5.74) is 0.246. The van der Waals surface area contributed by atoms with Gasteiger partial charge in [0.05, 0.1) is 21.2 Å². The molecule has 68 valence electrons. The Morgan fingerprint density at radius 3 is 2.67 bits per heavy atom. The highest BCUT2D eigenvalue weighted by Gasteiger charge is 2.18. The molecule has 1 aliphatic rings. The molecule has 2 N–H and O–H groups in total. The second kappa shape index (κ2) is 2.91. The van der Waals surface area contributed by atoms with Gasteiger partial charge < -0.3 is 9.83 Å². The lowest BCUT2D eigenvalue weighted by Gasteiger charge is -2.15. The van der Waals surface area contributed by atoms with Crippen molar-refractivity contribution in [3.8, 4) is 0 Å². The SMILES string of the molecule is CC(O)C1=CNS(C)(=O)=CC1=O. The van der Waals surface area contributed by atoms with Crippen LogP contribution < -0.4 is 4.72 Å². The molecule has 1 heterocycles. The van der Waals surface area contributed by atoms with Crippen LogP contribution in [0.2, 0.25) is 0 Å². The number of aliphatic hydroxyl groups excluding tert-OH is 1. The summed E-state index contributed by atoms with van der Waals surface area (Å²) in [5, 5.41) is 10.2. The standard InChI is InChI=1S/C7H11NO3S/c1-5(9)6-3-8-12(2,11)4-7(6)10/h3-5,9H,1-2H3,(H,8,11). The van der Waals surface area contributed by atoms with Gasteiger partial charge in [-0.1, -0.05) is 0 Å². The predicted molar refractivity (Wildman–Crippen MR) is 48.0 cm³/mol. The molecule has 4 nitrogen and oxygen atoms in total. The Morgan fingerprint density at radius 1 is 1.67 bits per heavy atom. The van der Waals surface area contributed by atoms with Crippen LogP contribution >= 0.6 is 0 Å². The molecule has 0 saturated carbocycles. The molecule has 0 amide bonds. The maximum Gasteiger partial charge on any atom is 0.195 e. The number of aliphatic hydroxyl groups is 1. The highest BCUT2D eigenvalue weighted by molar-refractivity contribution is 8.00. The summed E-state index contributed by atoms with van der Waals surface area (Å²) in [6.07, 6.45) is 1.92. The molecule has 0 aliphatic carbocycles. The zero-order valence-corrected chi connectivity index (χ0v) is 7.72. The summed E-state index contributed by atoms with van der Waals surface area (Å²) in [6.45, 7) is 1.49. The monoisotopic (exact) mass is 189 g/mol. The van der Waals surface area contributed by atoms with E-state index in [9.17, 15) is 9.00 Å². The van der Waals surface area contributed by atoms with Gasteiger partial charge in [0.25, 0.3) is 0 Å². The molecule has 2 atom stereocenters. The maximum absolute atomic E-state index is 11.3. The van der Waals surface area contributed by atoms with Crippen molar-refractivity contribution in [3.05, 3.63) is 11.8 Å². The van der Waals surface area contributed by atoms with Crippen molar-refractivity contribution in [1.82, 2.24) is 4.72 Å². The van der Waals surface area contributed by atoms with E-state index in [4.69, 9.17) is 5.11 Å². The number of carbonyl (C=O) groups is 1. The smallest absolute Gasteiger partial charge is 0.195 e.